The van der Waals surface area contributed by atoms with Crippen molar-refractivity contribution in [3.05, 3.63) is 20.8 Å². The Bertz CT molecular complexity index is 323. The highest BCUT2D eigenvalue weighted by Crippen LogP contribution is 2.21. The van der Waals surface area contributed by atoms with E-state index in [9.17, 15) is 0 Å². The smallest absolute Gasteiger partial charge is 0.208 e. The van der Waals surface area contributed by atoms with E-state index in [1.165, 1.54) is 5.56 Å². The molecule has 14 heavy (non-hydrogen) atoms. The Morgan fingerprint density at radius 2 is 2.50 bits per heavy atom. The maximum Gasteiger partial charge on any atom is 0.208 e. The molecule has 1 aromatic heterocycles. The van der Waals surface area contributed by atoms with Crippen LogP contribution in [0.15, 0.2) is 20.2 Å². The van der Waals surface area contributed by atoms with E-state index in [1.807, 2.05) is 11.9 Å². The van der Waals surface area contributed by atoms with Crippen molar-refractivity contribution in [2.75, 3.05) is 14.1 Å². The molecule has 1 aromatic rings. The first-order chi connectivity index (χ1) is 6.67. The van der Waals surface area contributed by atoms with Crippen LogP contribution >= 0.6 is 27.3 Å². The average Bonchev–Trinajstić information content (AvgIpc) is 2.53. The van der Waals surface area contributed by atoms with Crippen LogP contribution in [0.25, 0.3) is 0 Å². The van der Waals surface area contributed by atoms with E-state index in [2.05, 4.69) is 37.8 Å². The normalized spacial score (nSPS) is 11.6. The van der Waals surface area contributed by atoms with Crippen molar-refractivity contribution in [2.24, 2.45) is 10.8 Å². The molecule has 1 rings (SSSR count). The summed E-state index contributed by atoms with van der Waals surface area (Å²) in [6.45, 7) is 0.791. The number of thiophene rings is 1. The first kappa shape index (κ1) is 11.5. The Labute approximate surface area is 95.9 Å². The predicted molar refractivity (Wildman–Crippen MR) is 64.2 cm³/mol. The van der Waals surface area contributed by atoms with Crippen LogP contribution in [0, 0.1) is 0 Å². The van der Waals surface area contributed by atoms with Gasteiger partial charge < -0.3 is 4.90 Å². The summed E-state index contributed by atoms with van der Waals surface area (Å²) in [4.78, 5) is 5.96. The van der Waals surface area contributed by atoms with Crippen LogP contribution in [-0.4, -0.2) is 25.0 Å². The number of aliphatic imine (C=N–C) groups is 1. The van der Waals surface area contributed by atoms with Crippen LogP contribution < -0.4 is 11.3 Å². The third-order valence-electron chi connectivity index (χ3n) is 1.74. The summed E-state index contributed by atoms with van der Waals surface area (Å²) in [6.07, 6.45) is 0. The van der Waals surface area contributed by atoms with E-state index < -0.39 is 0 Å². The van der Waals surface area contributed by atoms with Crippen LogP contribution in [0.1, 0.15) is 5.56 Å². The molecule has 6 heteroatoms. The summed E-state index contributed by atoms with van der Waals surface area (Å²) >= 11 is 5.09. The summed E-state index contributed by atoms with van der Waals surface area (Å²) in [5.41, 5.74) is 3.78. The molecular weight excluding hydrogens is 264 g/mol. The fourth-order valence-corrected chi connectivity index (χ4v) is 2.32. The monoisotopic (exact) mass is 276 g/mol. The molecule has 0 fully saturated rings. The number of rotatable bonds is 2. The van der Waals surface area contributed by atoms with Crippen LogP contribution in [0.5, 0.6) is 0 Å². The van der Waals surface area contributed by atoms with Gasteiger partial charge in [-0.15, -0.1) is 11.3 Å². The fraction of sp³-hybridized carbons (Fsp3) is 0.375. The van der Waals surface area contributed by atoms with Crippen molar-refractivity contribution in [3.63, 3.8) is 0 Å². The molecule has 4 nitrogen and oxygen atoms in total. The standard InChI is InChI=1S/C8H13BrN4S/c1-11-8(12-10)13(2)4-6-3-7(9)14-5-6/h3,5H,4,10H2,1-2H3,(H,11,12). The number of nitrogens with one attached hydrogen (secondary N) is 1. The number of nitrogens with zero attached hydrogens (tertiary/aromatic N) is 2. The van der Waals surface area contributed by atoms with Gasteiger partial charge in [0.2, 0.25) is 5.96 Å². The van der Waals surface area contributed by atoms with Gasteiger partial charge in [0, 0.05) is 20.6 Å². The molecule has 0 bridgehead atoms. The zero-order valence-corrected chi connectivity index (χ0v) is 10.5. The van der Waals surface area contributed by atoms with Crippen LogP contribution in [0.3, 0.4) is 0 Å². The molecule has 0 atom stereocenters. The average molecular weight is 277 g/mol. The minimum atomic E-state index is 0.673. The van der Waals surface area contributed by atoms with E-state index in [4.69, 9.17) is 5.84 Å². The Kier molecular flexibility index (Phi) is 4.37. The van der Waals surface area contributed by atoms with Crippen molar-refractivity contribution in [1.29, 1.82) is 0 Å². The van der Waals surface area contributed by atoms with Crippen LogP contribution in [0.4, 0.5) is 0 Å². The number of guanidine groups is 1. The Balaban J connectivity index is 2.60. The summed E-state index contributed by atoms with van der Waals surface area (Å²) in [5, 5.41) is 2.10. The van der Waals surface area contributed by atoms with E-state index in [0.29, 0.717) is 5.96 Å². The summed E-state index contributed by atoms with van der Waals surface area (Å²) < 4.78 is 1.14. The van der Waals surface area contributed by atoms with Gasteiger partial charge >= 0.3 is 0 Å². The summed E-state index contributed by atoms with van der Waals surface area (Å²) in [7, 11) is 3.64. The lowest BCUT2D eigenvalue weighted by Gasteiger charge is -2.19. The minimum Gasteiger partial charge on any atom is -0.341 e. The van der Waals surface area contributed by atoms with Crippen molar-refractivity contribution in [1.82, 2.24) is 10.3 Å². The van der Waals surface area contributed by atoms with Gasteiger partial charge in [-0.1, -0.05) is 0 Å². The highest BCUT2D eigenvalue weighted by Gasteiger charge is 2.05. The van der Waals surface area contributed by atoms with Gasteiger partial charge in [0.15, 0.2) is 0 Å². The van der Waals surface area contributed by atoms with E-state index in [-0.39, 0.29) is 0 Å². The van der Waals surface area contributed by atoms with Crippen LogP contribution in [0.2, 0.25) is 0 Å². The zero-order valence-electron chi connectivity index (χ0n) is 8.12. The summed E-state index contributed by atoms with van der Waals surface area (Å²) in [5.74, 6) is 5.99. The van der Waals surface area contributed by atoms with Crippen molar-refractivity contribution >= 4 is 33.2 Å². The Hall–Kier alpha value is -0.590. The third kappa shape index (κ3) is 2.97. The number of hydrogen-bond donors (Lipinski definition) is 2. The fourth-order valence-electron chi connectivity index (χ4n) is 1.12. The lowest BCUT2D eigenvalue weighted by molar-refractivity contribution is 0.480. The highest BCUT2D eigenvalue weighted by atomic mass is 79.9. The summed E-state index contributed by atoms with van der Waals surface area (Å²) in [6, 6.07) is 2.09. The molecule has 0 radical (unpaired) electrons. The molecule has 0 saturated carbocycles. The van der Waals surface area contributed by atoms with Crippen molar-refractivity contribution < 1.29 is 0 Å². The van der Waals surface area contributed by atoms with Gasteiger partial charge in [-0.25, -0.2) is 5.84 Å². The molecule has 0 spiro atoms. The quantitative estimate of drug-likeness (QED) is 0.372. The van der Waals surface area contributed by atoms with Gasteiger partial charge in [-0.3, -0.25) is 10.4 Å². The second kappa shape index (κ2) is 5.33. The molecule has 0 unspecified atom stereocenters. The lowest BCUT2D eigenvalue weighted by Crippen LogP contribution is -2.42. The molecule has 78 valence electrons. The predicted octanol–water partition coefficient (Wildman–Crippen LogP) is 1.39. The number of nitrogens with two attached hydrogens (primary N) is 1. The van der Waals surface area contributed by atoms with Gasteiger partial charge in [0.1, 0.15) is 0 Å². The molecule has 3 N–H and O–H groups in total. The van der Waals surface area contributed by atoms with Crippen molar-refractivity contribution in [3.8, 4) is 0 Å². The molecular formula is C8H13BrN4S. The zero-order chi connectivity index (χ0) is 10.6. The number of hydrazine groups is 1. The largest absolute Gasteiger partial charge is 0.341 e. The SMILES string of the molecule is CN=C(NN)N(C)Cc1csc(Br)c1. The van der Waals surface area contributed by atoms with Gasteiger partial charge in [0.05, 0.1) is 3.79 Å². The molecule has 0 saturated heterocycles. The topological polar surface area (TPSA) is 53.6 Å². The van der Waals surface area contributed by atoms with E-state index >= 15 is 0 Å². The van der Waals surface area contributed by atoms with Crippen molar-refractivity contribution in [2.45, 2.75) is 6.54 Å². The van der Waals surface area contributed by atoms with E-state index in [1.54, 1.807) is 18.4 Å². The Morgan fingerprint density at radius 3 is 2.93 bits per heavy atom. The second-order valence-electron chi connectivity index (χ2n) is 2.81. The molecule has 0 amide bonds. The highest BCUT2D eigenvalue weighted by molar-refractivity contribution is 9.11. The second-order valence-corrected chi connectivity index (χ2v) is 5.10. The molecule has 0 aliphatic heterocycles. The maximum absolute atomic E-state index is 5.31. The number of hydrogen-bond acceptors (Lipinski definition) is 3. The maximum atomic E-state index is 5.31. The van der Waals surface area contributed by atoms with Gasteiger partial charge in [-0.05, 0) is 32.9 Å². The van der Waals surface area contributed by atoms with E-state index in [0.717, 1.165) is 10.3 Å². The number of halogens is 1. The molecule has 1 heterocycles. The third-order valence-corrected chi connectivity index (χ3v) is 3.30. The first-order valence-electron chi connectivity index (χ1n) is 4.04. The van der Waals surface area contributed by atoms with Gasteiger partial charge in [-0.2, -0.15) is 0 Å². The Morgan fingerprint density at radius 1 is 1.79 bits per heavy atom. The molecule has 0 aliphatic carbocycles. The van der Waals surface area contributed by atoms with Gasteiger partial charge in [0.25, 0.3) is 0 Å². The lowest BCUT2D eigenvalue weighted by atomic mass is 10.3. The van der Waals surface area contributed by atoms with Crippen LogP contribution in [-0.2, 0) is 6.54 Å². The first-order valence-corrected chi connectivity index (χ1v) is 5.72. The molecule has 0 aliphatic rings. The minimum absolute atomic E-state index is 0.673. The molecule has 0 aromatic carbocycles.